The van der Waals surface area contributed by atoms with E-state index in [1.807, 2.05) is 29.2 Å². The van der Waals surface area contributed by atoms with Crippen molar-refractivity contribution in [3.63, 3.8) is 0 Å². The lowest BCUT2D eigenvalue weighted by atomic mass is 10.0. The zero-order chi connectivity index (χ0) is 19.4. The van der Waals surface area contributed by atoms with Crippen molar-refractivity contribution >= 4 is 5.91 Å². The minimum atomic E-state index is -0.255. The van der Waals surface area contributed by atoms with Crippen LogP contribution in [0.2, 0.25) is 0 Å². The zero-order valence-electron chi connectivity index (χ0n) is 15.5. The van der Waals surface area contributed by atoms with Crippen molar-refractivity contribution in [1.82, 2.24) is 19.0 Å². The van der Waals surface area contributed by atoms with Crippen molar-refractivity contribution in [2.45, 2.75) is 32.0 Å². The van der Waals surface area contributed by atoms with E-state index in [1.165, 1.54) is 22.4 Å². The van der Waals surface area contributed by atoms with Crippen LogP contribution in [0.25, 0.3) is 11.1 Å². The van der Waals surface area contributed by atoms with Crippen molar-refractivity contribution in [2.24, 2.45) is 7.05 Å². The summed E-state index contributed by atoms with van der Waals surface area (Å²) < 4.78 is 2.68. The number of rotatable bonds is 4. The van der Waals surface area contributed by atoms with E-state index in [2.05, 4.69) is 11.1 Å². The number of nitrogens with zero attached hydrogens (tertiary/aromatic N) is 4. The third-order valence-electron chi connectivity index (χ3n) is 5.55. The maximum Gasteiger partial charge on any atom is 0.331 e. The molecule has 0 radical (unpaired) electrons. The van der Waals surface area contributed by atoms with Gasteiger partial charge in [-0.1, -0.05) is 24.3 Å². The van der Waals surface area contributed by atoms with E-state index < -0.39 is 0 Å². The molecule has 1 amide bonds. The van der Waals surface area contributed by atoms with Gasteiger partial charge in [0, 0.05) is 37.0 Å². The molecule has 1 aliphatic carbocycles. The van der Waals surface area contributed by atoms with Crippen LogP contribution in [0.15, 0.2) is 47.5 Å². The molecular formula is C21H20N4O3. The van der Waals surface area contributed by atoms with Gasteiger partial charge in [0.25, 0.3) is 5.91 Å². The number of amides is 1. The Kier molecular flexibility index (Phi) is 3.65. The Morgan fingerprint density at radius 3 is 2.54 bits per heavy atom. The molecule has 0 spiro atoms. The molecule has 2 aromatic heterocycles. The van der Waals surface area contributed by atoms with E-state index in [4.69, 9.17) is 0 Å². The van der Waals surface area contributed by atoms with Crippen molar-refractivity contribution in [2.75, 3.05) is 0 Å². The molecule has 5 rings (SSSR count). The van der Waals surface area contributed by atoms with Crippen LogP contribution in [-0.2, 0) is 20.1 Å². The number of hydrogen-bond acceptors (Lipinski definition) is 4. The highest BCUT2D eigenvalue weighted by Crippen LogP contribution is 2.35. The van der Waals surface area contributed by atoms with E-state index in [0.29, 0.717) is 24.8 Å². The van der Waals surface area contributed by atoms with Gasteiger partial charge >= 0.3 is 5.69 Å². The van der Waals surface area contributed by atoms with Gasteiger partial charge in [-0.2, -0.15) is 0 Å². The molecule has 3 aromatic rings. The minimum Gasteiger partial charge on any atom is -0.493 e. The molecule has 1 fully saturated rings. The molecule has 7 heteroatoms. The standard InChI is InChI=1S/C21H20N4O3/c1-23-18(26)12-24(21(23)28)10-13-2-4-14(5-3-13)15-8-16-11-25(17-6-7-17)20(27)19(16)22-9-15/h2-5,8-9,12,17,26H,6-7,10-11H2,1H3. The van der Waals surface area contributed by atoms with Gasteiger partial charge in [0.05, 0.1) is 12.7 Å². The molecule has 1 aliphatic heterocycles. The van der Waals surface area contributed by atoms with Crippen LogP contribution >= 0.6 is 0 Å². The van der Waals surface area contributed by atoms with Gasteiger partial charge in [-0.25, -0.2) is 4.79 Å². The topological polar surface area (TPSA) is 80.4 Å². The summed E-state index contributed by atoms with van der Waals surface area (Å²) in [5.74, 6) is -0.00317. The van der Waals surface area contributed by atoms with E-state index >= 15 is 0 Å². The number of aromatic nitrogens is 3. The highest BCUT2D eigenvalue weighted by Gasteiger charge is 2.39. The molecule has 1 N–H and O–H groups in total. The van der Waals surface area contributed by atoms with Crippen LogP contribution in [-0.4, -0.2) is 36.1 Å². The first-order valence-corrected chi connectivity index (χ1v) is 9.35. The molecule has 0 atom stereocenters. The lowest BCUT2D eigenvalue weighted by molar-refractivity contribution is 0.0762. The number of benzene rings is 1. The lowest BCUT2D eigenvalue weighted by Crippen LogP contribution is -2.26. The summed E-state index contributed by atoms with van der Waals surface area (Å²) in [7, 11) is 1.53. The second kappa shape index (κ2) is 6.09. The van der Waals surface area contributed by atoms with Gasteiger partial charge in [-0.05, 0) is 30.0 Å². The Morgan fingerprint density at radius 1 is 1.14 bits per heavy atom. The number of aromatic hydroxyl groups is 1. The average molecular weight is 376 g/mol. The fourth-order valence-electron chi connectivity index (χ4n) is 3.74. The smallest absolute Gasteiger partial charge is 0.331 e. The van der Waals surface area contributed by atoms with Crippen molar-refractivity contribution in [3.05, 3.63) is 70.0 Å². The molecule has 2 aliphatic rings. The summed E-state index contributed by atoms with van der Waals surface area (Å²) in [6, 6.07) is 10.3. The Hall–Kier alpha value is -3.35. The van der Waals surface area contributed by atoms with Crippen molar-refractivity contribution in [1.29, 1.82) is 0 Å². The van der Waals surface area contributed by atoms with Crippen LogP contribution in [0.3, 0.4) is 0 Å². The SMILES string of the molecule is Cn1c(O)cn(Cc2ccc(-c3cnc4c(c3)CN(C3CC3)C4=O)cc2)c1=O. The molecule has 0 saturated heterocycles. The first-order chi connectivity index (χ1) is 13.5. The van der Waals surface area contributed by atoms with Gasteiger partial charge in [0.2, 0.25) is 5.88 Å². The Labute approximate surface area is 161 Å². The fourth-order valence-corrected chi connectivity index (χ4v) is 3.74. The Bertz CT molecular complexity index is 1140. The third-order valence-corrected chi connectivity index (χ3v) is 5.55. The first kappa shape index (κ1) is 16.8. The summed E-state index contributed by atoms with van der Waals surface area (Å²) in [4.78, 5) is 30.8. The monoisotopic (exact) mass is 376 g/mol. The largest absolute Gasteiger partial charge is 0.493 e. The summed E-state index contributed by atoms with van der Waals surface area (Å²) in [6.45, 7) is 1.04. The summed E-state index contributed by atoms with van der Waals surface area (Å²) in [5, 5.41) is 9.65. The Morgan fingerprint density at radius 2 is 1.89 bits per heavy atom. The number of imidazole rings is 1. The molecule has 28 heavy (non-hydrogen) atoms. The van der Waals surface area contributed by atoms with Crippen LogP contribution < -0.4 is 5.69 Å². The van der Waals surface area contributed by atoms with E-state index in [0.717, 1.165) is 35.1 Å². The second-order valence-electron chi connectivity index (χ2n) is 7.55. The van der Waals surface area contributed by atoms with Gasteiger partial charge in [-0.15, -0.1) is 0 Å². The summed E-state index contributed by atoms with van der Waals surface area (Å²) in [5.41, 5.74) is 4.26. The number of carbonyl (C=O) groups is 1. The van der Waals surface area contributed by atoms with Gasteiger partial charge in [0.1, 0.15) is 5.69 Å². The van der Waals surface area contributed by atoms with Crippen LogP contribution in [0.1, 0.15) is 34.5 Å². The zero-order valence-corrected chi connectivity index (χ0v) is 15.5. The van der Waals surface area contributed by atoms with Gasteiger partial charge in [0.15, 0.2) is 0 Å². The maximum atomic E-state index is 12.4. The van der Waals surface area contributed by atoms with Crippen LogP contribution in [0.5, 0.6) is 5.88 Å². The van der Waals surface area contributed by atoms with E-state index in [9.17, 15) is 14.7 Å². The fraction of sp³-hybridized carbons (Fsp3) is 0.286. The van der Waals surface area contributed by atoms with Gasteiger partial charge in [-0.3, -0.25) is 18.9 Å². The van der Waals surface area contributed by atoms with Gasteiger partial charge < -0.3 is 10.0 Å². The van der Waals surface area contributed by atoms with Crippen molar-refractivity contribution < 1.29 is 9.90 Å². The quantitative estimate of drug-likeness (QED) is 0.756. The second-order valence-corrected chi connectivity index (χ2v) is 7.55. The highest BCUT2D eigenvalue weighted by molar-refractivity contribution is 5.97. The number of hydrogen-bond donors (Lipinski definition) is 1. The molecule has 0 unspecified atom stereocenters. The number of pyridine rings is 1. The molecular weight excluding hydrogens is 356 g/mol. The molecule has 3 heterocycles. The predicted molar refractivity (Wildman–Crippen MR) is 103 cm³/mol. The average Bonchev–Trinajstić information content (AvgIpc) is 3.46. The van der Waals surface area contributed by atoms with Crippen LogP contribution in [0, 0.1) is 0 Å². The first-order valence-electron chi connectivity index (χ1n) is 9.35. The minimum absolute atomic E-state index is 0.0518. The normalized spacial score (nSPS) is 15.9. The maximum absolute atomic E-state index is 12.4. The molecule has 142 valence electrons. The van der Waals surface area contributed by atoms with Crippen LogP contribution in [0.4, 0.5) is 0 Å². The van der Waals surface area contributed by atoms with E-state index in [-0.39, 0.29) is 17.5 Å². The molecule has 1 aromatic carbocycles. The highest BCUT2D eigenvalue weighted by atomic mass is 16.3. The Balaban J connectivity index is 1.38. The molecule has 0 bridgehead atoms. The molecule has 1 saturated carbocycles. The summed E-state index contributed by atoms with van der Waals surface area (Å²) >= 11 is 0. The number of fused-ring (bicyclic) bond motifs is 1. The van der Waals surface area contributed by atoms with Crippen molar-refractivity contribution in [3.8, 4) is 17.0 Å². The predicted octanol–water partition coefficient (Wildman–Crippen LogP) is 2.12. The summed E-state index contributed by atoms with van der Waals surface area (Å²) in [6.07, 6.45) is 5.37. The third kappa shape index (κ3) is 2.70. The lowest BCUT2D eigenvalue weighted by Gasteiger charge is -2.12. The van der Waals surface area contributed by atoms with E-state index in [1.54, 1.807) is 6.20 Å². The number of carbonyl (C=O) groups excluding carboxylic acids is 1. The molecule has 7 nitrogen and oxygen atoms in total.